The number of methoxy groups -OCH3 is 1. The standard InChI is InChI=1S/C19H23NO3/c1-4-14-5-9-16(10-6-14)20-19(22)13(2)18(21)15-7-11-17(23-3)12-8-15/h5-13,18,21H,4H2,1-3H3,(H,20,22)/t13-,18-/m0/s1. The SMILES string of the molecule is CCc1ccc(NC(=O)[C@@H](C)[C@H](O)c2ccc(OC)cc2)cc1. The fraction of sp³-hybridized carbons (Fsp3) is 0.316. The largest absolute Gasteiger partial charge is 0.497 e. The lowest BCUT2D eigenvalue weighted by Gasteiger charge is -2.19. The van der Waals surface area contributed by atoms with Gasteiger partial charge in [-0.3, -0.25) is 4.79 Å². The Labute approximate surface area is 137 Å². The van der Waals surface area contributed by atoms with Gasteiger partial charge in [0, 0.05) is 5.69 Å². The molecule has 2 rings (SSSR count). The van der Waals surface area contributed by atoms with Crippen LogP contribution in [0.4, 0.5) is 5.69 Å². The molecule has 0 aliphatic heterocycles. The molecule has 0 aromatic heterocycles. The summed E-state index contributed by atoms with van der Waals surface area (Å²) in [5.41, 5.74) is 2.64. The predicted molar refractivity (Wildman–Crippen MR) is 91.6 cm³/mol. The van der Waals surface area contributed by atoms with E-state index in [9.17, 15) is 9.90 Å². The van der Waals surface area contributed by atoms with Gasteiger partial charge in [-0.15, -0.1) is 0 Å². The Hall–Kier alpha value is -2.33. The Morgan fingerprint density at radius 2 is 1.74 bits per heavy atom. The molecule has 2 atom stereocenters. The van der Waals surface area contributed by atoms with Gasteiger partial charge in [0.25, 0.3) is 0 Å². The summed E-state index contributed by atoms with van der Waals surface area (Å²) >= 11 is 0. The number of rotatable bonds is 6. The highest BCUT2D eigenvalue weighted by atomic mass is 16.5. The fourth-order valence-corrected chi connectivity index (χ4v) is 2.31. The maximum absolute atomic E-state index is 12.3. The van der Waals surface area contributed by atoms with E-state index < -0.39 is 12.0 Å². The van der Waals surface area contributed by atoms with Crippen molar-refractivity contribution in [2.24, 2.45) is 5.92 Å². The minimum absolute atomic E-state index is 0.211. The highest BCUT2D eigenvalue weighted by Crippen LogP contribution is 2.25. The summed E-state index contributed by atoms with van der Waals surface area (Å²) < 4.78 is 5.09. The molecule has 0 saturated carbocycles. The number of benzene rings is 2. The molecule has 4 heteroatoms. The summed E-state index contributed by atoms with van der Waals surface area (Å²) in [7, 11) is 1.59. The molecule has 0 fully saturated rings. The molecule has 4 nitrogen and oxygen atoms in total. The number of ether oxygens (including phenoxy) is 1. The van der Waals surface area contributed by atoms with E-state index in [0.29, 0.717) is 11.3 Å². The molecule has 0 saturated heterocycles. The average Bonchev–Trinajstić information content (AvgIpc) is 2.61. The minimum atomic E-state index is -0.865. The molecular formula is C19H23NO3. The molecule has 0 aliphatic carbocycles. The Kier molecular flexibility index (Phi) is 5.77. The summed E-state index contributed by atoms with van der Waals surface area (Å²) in [5, 5.41) is 13.2. The van der Waals surface area contributed by atoms with Crippen LogP contribution in [0.15, 0.2) is 48.5 Å². The first-order valence-corrected chi connectivity index (χ1v) is 7.77. The zero-order valence-corrected chi connectivity index (χ0v) is 13.7. The molecule has 23 heavy (non-hydrogen) atoms. The van der Waals surface area contributed by atoms with E-state index >= 15 is 0 Å². The lowest BCUT2D eigenvalue weighted by Crippen LogP contribution is -2.25. The molecule has 0 bridgehead atoms. The third kappa shape index (κ3) is 4.33. The van der Waals surface area contributed by atoms with E-state index in [1.807, 2.05) is 24.3 Å². The van der Waals surface area contributed by atoms with E-state index in [4.69, 9.17) is 4.74 Å². The van der Waals surface area contributed by atoms with E-state index in [0.717, 1.165) is 12.1 Å². The fourth-order valence-electron chi connectivity index (χ4n) is 2.31. The first-order valence-electron chi connectivity index (χ1n) is 7.77. The van der Waals surface area contributed by atoms with Gasteiger partial charge in [-0.25, -0.2) is 0 Å². The number of anilines is 1. The zero-order valence-electron chi connectivity index (χ0n) is 13.7. The zero-order chi connectivity index (χ0) is 16.8. The van der Waals surface area contributed by atoms with Gasteiger partial charge in [0.05, 0.1) is 19.1 Å². The van der Waals surface area contributed by atoms with Crippen molar-refractivity contribution >= 4 is 11.6 Å². The van der Waals surface area contributed by atoms with Crippen LogP contribution in [0, 0.1) is 5.92 Å². The molecule has 2 aromatic carbocycles. The number of aliphatic hydroxyl groups excluding tert-OH is 1. The maximum Gasteiger partial charge on any atom is 0.230 e. The quantitative estimate of drug-likeness (QED) is 0.857. The molecule has 0 aliphatic rings. The molecular weight excluding hydrogens is 290 g/mol. The number of amides is 1. The van der Waals surface area contributed by atoms with Crippen molar-refractivity contribution < 1.29 is 14.6 Å². The van der Waals surface area contributed by atoms with Crippen molar-refractivity contribution in [1.29, 1.82) is 0 Å². The third-order valence-corrected chi connectivity index (χ3v) is 3.97. The van der Waals surface area contributed by atoms with Gasteiger partial charge >= 0.3 is 0 Å². The Morgan fingerprint density at radius 3 is 2.26 bits per heavy atom. The van der Waals surface area contributed by atoms with Gasteiger partial charge in [-0.05, 0) is 41.8 Å². The number of aryl methyl sites for hydroxylation is 1. The van der Waals surface area contributed by atoms with Gasteiger partial charge in [0.2, 0.25) is 5.91 Å². The molecule has 122 valence electrons. The van der Waals surface area contributed by atoms with Crippen LogP contribution in [-0.2, 0) is 11.2 Å². The monoisotopic (exact) mass is 313 g/mol. The van der Waals surface area contributed by atoms with Crippen LogP contribution in [-0.4, -0.2) is 18.1 Å². The van der Waals surface area contributed by atoms with Crippen LogP contribution in [0.2, 0.25) is 0 Å². The van der Waals surface area contributed by atoms with Crippen molar-refractivity contribution in [1.82, 2.24) is 0 Å². The molecule has 1 amide bonds. The summed E-state index contributed by atoms with van der Waals surface area (Å²) in [6.07, 6.45) is 0.0942. The van der Waals surface area contributed by atoms with Gasteiger partial charge in [-0.2, -0.15) is 0 Å². The number of nitrogens with one attached hydrogen (secondary N) is 1. The Morgan fingerprint density at radius 1 is 1.13 bits per heavy atom. The Balaban J connectivity index is 2.02. The normalized spacial score (nSPS) is 13.2. The number of hydrogen-bond donors (Lipinski definition) is 2. The van der Waals surface area contributed by atoms with Crippen molar-refractivity contribution in [2.45, 2.75) is 26.4 Å². The Bertz CT molecular complexity index is 635. The maximum atomic E-state index is 12.3. The van der Waals surface area contributed by atoms with E-state index in [-0.39, 0.29) is 5.91 Å². The lowest BCUT2D eigenvalue weighted by atomic mass is 9.96. The van der Waals surface area contributed by atoms with Crippen molar-refractivity contribution in [2.75, 3.05) is 12.4 Å². The summed E-state index contributed by atoms with van der Waals surface area (Å²) in [5.74, 6) is -0.0547. The first kappa shape index (κ1) is 17.0. The van der Waals surface area contributed by atoms with Crippen LogP contribution in [0.3, 0.4) is 0 Å². The van der Waals surface area contributed by atoms with Crippen molar-refractivity contribution in [3.8, 4) is 5.75 Å². The summed E-state index contributed by atoms with van der Waals surface area (Å²) in [4.78, 5) is 12.3. The second kappa shape index (κ2) is 7.79. The van der Waals surface area contributed by atoms with Crippen LogP contribution in [0.5, 0.6) is 5.75 Å². The molecule has 0 spiro atoms. The molecule has 2 aromatic rings. The molecule has 0 heterocycles. The highest BCUT2D eigenvalue weighted by Gasteiger charge is 2.23. The predicted octanol–water partition coefficient (Wildman–Crippen LogP) is 3.57. The second-order valence-electron chi connectivity index (χ2n) is 5.55. The van der Waals surface area contributed by atoms with Crippen LogP contribution >= 0.6 is 0 Å². The molecule has 2 N–H and O–H groups in total. The van der Waals surface area contributed by atoms with Crippen molar-refractivity contribution in [3.63, 3.8) is 0 Å². The first-order chi connectivity index (χ1) is 11.0. The molecule has 0 radical (unpaired) electrons. The van der Waals surface area contributed by atoms with Crippen LogP contribution in [0.25, 0.3) is 0 Å². The number of carbonyl (C=O) groups is 1. The lowest BCUT2D eigenvalue weighted by molar-refractivity contribution is -0.122. The van der Waals surface area contributed by atoms with E-state index in [1.54, 1.807) is 38.3 Å². The molecule has 0 unspecified atom stereocenters. The van der Waals surface area contributed by atoms with Crippen LogP contribution < -0.4 is 10.1 Å². The smallest absolute Gasteiger partial charge is 0.230 e. The van der Waals surface area contributed by atoms with E-state index in [1.165, 1.54) is 5.56 Å². The summed E-state index contributed by atoms with van der Waals surface area (Å²) in [6, 6.07) is 14.8. The number of aliphatic hydroxyl groups is 1. The summed E-state index contributed by atoms with van der Waals surface area (Å²) in [6.45, 7) is 3.80. The second-order valence-corrected chi connectivity index (χ2v) is 5.55. The van der Waals surface area contributed by atoms with Gasteiger partial charge in [-0.1, -0.05) is 38.1 Å². The third-order valence-electron chi connectivity index (χ3n) is 3.97. The highest BCUT2D eigenvalue weighted by molar-refractivity contribution is 5.92. The van der Waals surface area contributed by atoms with Gasteiger partial charge in [0.1, 0.15) is 5.75 Å². The average molecular weight is 313 g/mol. The topological polar surface area (TPSA) is 58.6 Å². The van der Waals surface area contributed by atoms with Gasteiger partial charge < -0.3 is 15.2 Å². The number of hydrogen-bond acceptors (Lipinski definition) is 3. The minimum Gasteiger partial charge on any atom is -0.497 e. The number of carbonyl (C=O) groups excluding carboxylic acids is 1. The van der Waals surface area contributed by atoms with Crippen molar-refractivity contribution in [3.05, 3.63) is 59.7 Å². The van der Waals surface area contributed by atoms with Crippen LogP contribution in [0.1, 0.15) is 31.1 Å². The van der Waals surface area contributed by atoms with E-state index in [2.05, 4.69) is 12.2 Å². The van der Waals surface area contributed by atoms with Gasteiger partial charge in [0.15, 0.2) is 0 Å².